The first kappa shape index (κ1) is 15.9. The van der Waals surface area contributed by atoms with Gasteiger partial charge in [0.1, 0.15) is 0 Å². The number of nitrogens with one attached hydrogen (secondary N) is 1. The number of imidazole rings is 1. The van der Waals surface area contributed by atoms with Crippen LogP contribution in [0.4, 0.5) is 0 Å². The highest BCUT2D eigenvalue weighted by Gasteiger charge is 2.21. The second kappa shape index (κ2) is 6.62. The van der Waals surface area contributed by atoms with Gasteiger partial charge in [-0.3, -0.25) is 4.79 Å². The third kappa shape index (κ3) is 3.34. The minimum absolute atomic E-state index is 0.00676. The first-order chi connectivity index (χ1) is 11.1. The summed E-state index contributed by atoms with van der Waals surface area (Å²) in [6, 6.07) is 6.09. The molecule has 0 fully saturated rings. The van der Waals surface area contributed by atoms with E-state index in [0.717, 1.165) is 39.4 Å². The summed E-state index contributed by atoms with van der Waals surface area (Å²) in [7, 11) is 1.98. The second-order valence-corrected chi connectivity index (χ2v) is 7.10. The number of benzene rings is 1. The second-order valence-electron chi connectivity index (χ2n) is 5.80. The number of fused-ring (bicyclic) bond motifs is 1. The Labute approximate surface area is 140 Å². The van der Waals surface area contributed by atoms with E-state index in [1.807, 2.05) is 29.8 Å². The van der Waals surface area contributed by atoms with Gasteiger partial charge in [-0.2, -0.15) is 0 Å². The molecule has 4 nitrogen and oxygen atoms in total. The van der Waals surface area contributed by atoms with Crippen LogP contribution in [-0.4, -0.2) is 21.2 Å². The Bertz CT molecular complexity index is 804. The molecule has 1 N–H and O–H groups in total. The van der Waals surface area contributed by atoms with Crippen molar-refractivity contribution >= 4 is 34.8 Å². The molecule has 23 heavy (non-hydrogen) atoms. The monoisotopic (exact) mass is 327 g/mol. The van der Waals surface area contributed by atoms with Crippen molar-refractivity contribution in [3.63, 3.8) is 0 Å². The lowest BCUT2D eigenvalue weighted by Gasteiger charge is -2.11. The maximum atomic E-state index is 12.5. The molecule has 0 bridgehead atoms. The van der Waals surface area contributed by atoms with E-state index in [9.17, 15) is 4.79 Å². The third-order valence-electron chi connectivity index (χ3n) is 4.06. The number of amides is 1. The Hall–Kier alpha value is -2.01. The molecule has 1 amide bonds. The van der Waals surface area contributed by atoms with Gasteiger partial charge in [-0.25, -0.2) is 4.98 Å². The molecule has 1 atom stereocenters. The van der Waals surface area contributed by atoms with Crippen LogP contribution in [0, 0.1) is 5.92 Å². The van der Waals surface area contributed by atoms with Crippen LogP contribution in [0.3, 0.4) is 0 Å². The molecular formula is C18H21N3OS. The summed E-state index contributed by atoms with van der Waals surface area (Å²) in [4.78, 5) is 16.9. The van der Waals surface area contributed by atoms with Crippen LogP contribution >= 0.6 is 11.8 Å². The fourth-order valence-electron chi connectivity index (χ4n) is 2.74. The zero-order chi connectivity index (χ0) is 16.4. The number of aromatic nitrogens is 2. The van der Waals surface area contributed by atoms with Gasteiger partial charge >= 0.3 is 0 Å². The van der Waals surface area contributed by atoms with E-state index >= 15 is 0 Å². The van der Waals surface area contributed by atoms with Gasteiger partial charge in [-0.1, -0.05) is 26.0 Å². The fourth-order valence-corrected chi connectivity index (χ4v) is 3.43. The van der Waals surface area contributed by atoms with Crippen molar-refractivity contribution in [2.45, 2.75) is 20.3 Å². The molecule has 1 aliphatic rings. The lowest BCUT2D eigenvalue weighted by molar-refractivity contribution is -0.116. The number of carbonyl (C=O) groups is 1. The van der Waals surface area contributed by atoms with Crippen LogP contribution in [0.2, 0.25) is 0 Å². The standard InChI is InChI=1S/C18H21N3OS/c1-4-23-17-8-5-12(2)14(18(22)20-17)9-13-6-7-15-16(10-13)21(3)11-19-15/h6-12H,4-5H2,1-3H3,(H,20,22)/b14-9+. The summed E-state index contributed by atoms with van der Waals surface area (Å²) in [5.74, 6) is 1.16. The Morgan fingerprint density at radius 2 is 2.30 bits per heavy atom. The van der Waals surface area contributed by atoms with Gasteiger partial charge in [0, 0.05) is 12.6 Å². The van der Waals surface area contributed by atoms with Gasteiger partial charge in [0.15, 0.2) is 0 Å². The Morgan fingerprint density at radius 3 is 3.09 bits per heavy atom. The minimum atomic E-state index is 0.00676. The van der Waals surface area contributed by atoms with Gasteiger partial charge < -0.3 is 9.88 Å². The van der Waals surface area contributed by atoms with E-state index in [0.29, 0.717) is 0 Å². The molecule has 2 aromatic rings. The van der Waals surface area contributed by atoms with Crippen molar-refractivity contribution in [1.82, 2.24) is 14.9 Å². The third-order valence-corrected chi connectivity index (χ3v) is 4.93. The summed E-state index contributed by atoms with van der Waals surface area (Å²) >= 11 is 1.68. The highest BCUT2D eigenvalue weighted by molar-refractivity contribution is 8.03. The number of nitrogens with zero attached hydrogens (tertiary/aromatic N) is 2. The van der Waals surface area contributed by atoms with Crippen LogP contribution in [0.1, 0.15) is 25.8 Å². The smallest absolute Gasteiger partial charge is 0.252 e. The van der Waals surface area contributed by atoms with Gasteiger partial charge in [-0.15, -0.1) is 11.8 Å². The molecule has 0 radical (unpaired) electrons. The van der Waals surface area contributed by atoms with Gasteiger partial charge in [0.25, 0.3) is 5.91 Å². The van der Waals surface area contributed by atoms with E-state index < -0.39 is 0 Å². The highest BCUT2D eigenvalue weighted by Crippen LogP contribution is 2.26. The fraction of sp³-hybridized carbons (Fsp3) is 0.333. The molecular weight excluding hydrogens is 306 g/mol. The normalized spacial score (nSPS) is 20.5. The molecule has 2 heterocycles. The number of hydrogen-bond acceptors (Lipinski definition) is 3. The predicted molar refractivity (Wildman–Crippen MR) is 96.8 cm³/mol. The molecule has 1 unspecified atom stereocenters. The first-order valence-corrected chi connectivity index (χ1v) is 8.84. The first-order valence-electron chi connectivity index (χ1n) is 7.85. The van der Waals surface area contributed by atoms with Crippen LogP contribution in [0.15, 0.2) is 41.2 Å². The average molecular weight is 327 g/mol. The Balaban J connectivity index is 1.93. The summed E-state index contributed by atoms with van der Waals surface area (Å²) in [6.45, 7) is 4.19. The molecule has 0 saturated heterocycles. The van der Waals surface area contributed by atoms with Crippen LogP contribution in [-0.2, 0) is 11.8 Å². The quantitative estimate of drug-likeness (QED) is 0.874. The van der Waals surface area contributed by atoms with E-state index in [1.165, 1.54) is 0 Å². The minimum Gasteiger partial charge on any atom is -0.334 e. The van der Waals surface area contributed by atoms with E-state index in [2.05, 4.69) is 36.3 Å². The highest BCUT2D eigenvalue weighted by atomic mass is 32.2. The molecule has 1 aliphatic heterocycles. The van der Waals surface area contributed by atoms with Crippen molar-refractivity contribution in [2.75, 3.05) is 5.75 Å². The van der Waals surface area contributed by atoms with Crippen LogP contribution in [0.5, 0.6) is 0 Å². The Kier molecular flexibility index (Phi) is 4.57. The SMILES string of the molecule is CCSC1=CCC(C)/C(=C\c2ccc3ncn(C)c3c2)C(=O)N1. The zero-order valence-electron chi connectivity index (χ0n) is 13.7. The largest absolute Gasteiger partial charge is 0.334 e. The topological polar surface area (TPSA) is 46.9 Å². The summed E-state index contributed by atoms with van der Waals surface area (Å²) in [6.07, 6.45) is 6.81. The molecule has 1 aromatic heterocycles. The summed E-state index contributed by atoms with van der Waals surface area (Å²) in [5, 5.41) is 3.99. The average Bonchev–Trinajstić information content (AvgIpc) is 2.84. The van der Waals surface area contributed by atoms with Crippen molar-refractivity contribution in [2.24, 2.45) is 13.0 Å². The van der Waals surface area contributed by atoms with Crippen LogP contribution < -0.4 is 5.32 Å². The molecule has 0 saturated carbocycles. The maximum Gasteiger partial charge on any atom is 0.252 e. The molecule has 0 spiro atoms. The van der Waals surface area contributed by atoms with Gasteiger partial charge in [-0.05, 0) is 41.9 Å². The number of hydrogen-bond donors (Lipinski definition) is 1. The molecule has 1 aromatic carbocycles. The predicted octanol–water partition coefficient (Wildman–Crippen LogP) is 3.71. The van der Waals surface area contributed by atoms with Gasteiger partial charge in [0.05, 0.1) is 22.4 Å². The van der Waals surface area contributed by atoms with Gasteiger partial charge in [0.2, 0.25) is 0 Å². The van der Waals surface area contributed by atoms with E-state index in [4.69, 9.17) is 0 Å². The maximum absolute atomic E-state index is 12.5. The number of allylic oxidation sites excluding steroid dienone is 1. The molecule has 3 rings (SSSR count). The van der Waals surface area contributed by atoms with Crippen molar-refractivity contribution in [3.05, 3.63) is 46.8 Å². The number of rotatable bonds is 3. The summed E-state index contributed by atoms with van der Waals surface area (Å²) in [5.41, 5.74) is 3.90. The molecule has 0 aliphatic carbocycles. The van der Waals surface area contributed by atoms with E-state index in [1.54, 1.807) is 18.1 Å². The lowest BCUT2D eigenvalue weighted by atomic mass is 9.95. The Morgan fingerprint density at radius 1 is 1.48 bits per heavy atom. The number of carbonyl (C=O) groups excluding carboxylic acids is 1. The number of thioether (sulfide) groups is 1. The van der Waals surface area contributed by atoms with E-state index in [-0.39, 0.29) is 11.8 Å². The zero-order valence-corrected chi connectivity index (χ0v) is 14.5. The van der Waals surface area contributed by atoms with Crippen LogP contribution in [0.25, 0.3) is 17.1 Å². The van der Waals surface area contributed by atoms with Crippen molar-refractivity contribution in [3.8, 4) is 0 Å². The lowest BCUT2D eigenvalue weighted by Crippen LogP contribution is -2.23. The van der Waals surface area contributed by atoms with Crippen molar-refractivity contribution in [1.29, 1.82) is 0 Å². The van der Waals surface area contributed by atoms with Crippen molar-refractivity contribution < 1.29 is 4.79 Å². The molecule has 120 valence electrons. The number of aryl methyl sites for hydroxylation is 1. The summed E-state index contributed by atoms with van der Waals surface area (Å²) < 4.78 is 1.99. The molecule has 5 heteroatoms.